The second kappa shape index (κ2) is 12.4. The summed E-state index contributed by atoms with van der Waals surface area (Å²) in [6.07, 6.45) is 4.40. The number of amides is 2. The molecule has 41 heavy (non-hydrogen) atoms. The van der Waals surface area contributed by atoms with E-state index in [-0.39, 0.29) is 11.8 Å². The Morgan fingerprint density at radius 3 is 2.37 bits per heavy atom. The molecule has 5 rings (SSSR count). The molecule has 206 valence electrons. The van der Waals surface area contributed by atoms with Gasteiger partial charge in [-0.2, -0.15) is 0 Å². The highest BCUT2D eigenvalue weighted by atomic mass is 79.9. The van der Waals surface area contributed by atoms with Gasteiger partial charge in [0.2, 0.25) is 0 Å². The molecule has 0 fully saturated rings. The number of fused-ring (bicyclic) bond motifs is 1. The van der Waals surface area contributed by atoms with E-state index in [2.05, 4.69) is 28.1 Å². The first-order valence-corrected chi connectivity index (χ1v) is 14.1. The fourth-order valence-corrected chi connectivity index (χ4v) is 5.04. The molecule has 0 radical (unpaired) electrons. The summed E-state index contributed by atoms with van der Waals surface area (Å²) in [4.78, 5) is 35.6. The first kappa shape index (κ1) is 28.1. The van der Waals surface area contributed by atoms with E-state index in [1.165, 1.54) is 4.90 Å². The highest BCUT2D eigenvalue weighted by Crippen LogP contribution is 2.28. The third-order valence-corrected chi connectivity index (χ3v) is 7.42. The Kier molecular flexibility index (Phi) is 8.45. The minimum atomic E-state index is -0.244. The predicted molar refractivity (Wildman–Crippen MR) is 168 cm³/mol. The number of rotatable bonds is 8. The molecular formula is C34H30BrN3O3. The number of halogens is 1. The van der Waals surface area contributed by atoms with E-state index in [1.54, 1.807) is 37.2 Å². The Balaban J connectivity index is 1.45. The third kappa shape index (κ3) is 6.47. The van der Waals surface area contributed by atoms with E-state index in [4.69, 9.17) is 9.40 Å². The van der Waals surface area contributed by atoms with Gasteiger partial charge in [0.05, 0.1) is 28.0 Å². The number of aryl methyl sites for hydroxylation is 1. The molecule has 5 aromatic rings. The quantitative estimate of drug-likeness (QED) is 0.182. The number of hydrogen-bond donors (Lipinski definition) is 0. The standard InChI is InChI=1S/C34H30BrN3O3/c1-23-13-16-27(41-23)17-15-26-22-30(29-21-25(35)14-18-31(29)36-26)34(40)38(3)32-12-8-7-11-28(32)33(39)37(2)20-19-24-9-5-4-6-10-24/h4-18,21-22H,19-20H2,1-3H3/b17-15+. The second-order valence-corrected chi connectivity index (χ2v) is 10.8. The molecule has 0 aliphatic heterocycles. The molecule has 0 atom stereocenters. The van der Waals surface area contributed by atoms with Crippen molar-refractivity contribution >= 4 is 56.5 Å². The zero-order valence-corrected chi connectivity index (χ0v) is 24.8. The van der Waals surface area contributed by atoms with Gasteiger partial charge in [0.25, 0.3) is 11.8 Å². The van der Waals surface area contributed by atoms with Crippen molar-refractivity contribution in [3.05, 3.63) is 129 Å². The molecule has 2 amide bonds. The number of aromatic nitrogens is 1. The maximum atomic E-state index is 14.1. The molecule has 2 heterocycles. The van der Waals surface area contributed by atoms with Crippen molar-refractivity contribution in [1.82, 2.24) is 9.88 Å². The van der Waals surface area contributed by atoms with Crippen LogP contribution in [0.25, 0.3) is 23.1 Å². The van der Waals surface area contributed by atoms with Crippen molar-refractivity contribution in [3.8, 4) is 0 Å². The number of nitrogens with zero attached hydrogens (tertiary/aromatic N) is 3. The zero-order valence-electron chi connectivity index (χ0n) is 23.2. The van der Waals surface area contributed by atoms with Crippen LogP contribution >= 0.6 is 15.9 Å². The Hall–Kier alpha value is -4.49. The summed E-state index contributed by atoms with van der Waals surface area (Å²) in [5.74, 6) is 1.13. The van der Waals surface area contributed by atoms with Crippen molar-refractivity contribution in [2.24, 2.45) is 0 Å². The molecule has 0 aliphatic rings. The van der Waals surface area contributed by atoms with E-state index < -0.39 is 0 Å². The van der Waals surface area contributed by atoms with Gasteiger partial charge < -0.3 is 14.2 Å². The van der Waals surface area contributed by atoms with Crippen LogP contribution in [0.4, 0.5) is 5.69 Å². The lowest BCUT2D eigenvalue weighted by atomic mass is 10.0. The normalized spacial score (nSPS) is 11.2. The molecule has 0 aliphatic carbocycles. The molecular weight excluding hydrogens is 578 g/mol. The number of para-hydroxylation sites is 1. The van der Waals surface area contributed by atoms with Gasteiger partial charge in [-0.05, 0) is 79.6 Å². The Bertz CT molecular complexity index is 1740. The minimum absolute atomic E-state index is 0.143. The van der Waals surface area contributed by atoms with Crippen LogP contribution in [0.1, 0.15) is 43.5 Å². The first-order valence-electron chi connectivity index (χ1n) is 13.3. The first-order chi connectivity index (χ1) is 19.8. The van der Waals surface area contributed by atoms with Crippen LogP contribution in [-0.2, 0) is 6.42 Å². The number of likely N-dealkylation sites (N-methyl/N-ethyl adjacent to an activating group) is 1. The van der Waals surface area contributed by atoms with Gasteiger partial charge in [-0.1, -0.05) is 58.4 Å². The van der Waals surface area contributed by atoms with Gasteiger partial charge in [0.15, 0.2) is 0 Å². The molecule has 6 nitrogen and oxygen atoms in total. The van der Waals surface area contributed by atoms with Crippen LogP contribution in [0.15, 0.2) is 99.9 Å². The molecule has 0 bridgehead atoms. The van der Waals surface area contributed by atoms with Crippen molar-refractivity contribution < 1.29 is 14.0 Å². The topological polar surface area (TPSA) is 66.7 Å². The van der Waals surface area contributed by atoms with E-state index in [1.807, 2.05) is 79.7 Å². The highest BCUT2D eigenvalue weighted by molar-refractivity contribution is 9.10. The molecule has 0 N–H and O–H groups in total. The lowest BCUT2D eigenvalue weighted by Crippen LogP contribution is -2.33. The largest absolute Gasteiger partial charge is 0.462 e. The average molecular weight is 609 g/mol. The molecule has 7 heteroatoms. The second-order valence-electron chi connectivity index (χ2n) is 9.88. The fraction of sp³-hybridized carbons (Fsp3) is 0.147. The van der Waals surface area contributed by atoms with Crippen molar-refractivity contribution in [3.63, 3.8) is 0 Å². The Morgan fingerprint density at radius 1 is 0.854 bits per heavy atom. The summed E-state index contributed by atoms with van der Waals surface area (Å²) >= 11 is 3.53. The summed E-state index contributed by atoms with van der Waals surface area (Å²) in [7, 11) is 3.49. The van der Waals surface area contributed by atoms with Gasteiger partial charge in [-0.15, -0.1) is 0 Å². The molecule has 0 unspecified atom stereocenters. The molecule has 0 spiro atoms. The third-order valence-electron chi connectivity index (χ3n) is 6.93. The number of hydrogen-bond acceptors (Lipinski definition) is 4. The van der Waals surface area contributed by atoms with Crippen molar-refractivity contribution in [2.75, 3.05) is 25.5 Å². The maximum Gasteiger partial charge on any atom is 0.258 e. The van der Waals surface area contributed by atoms with E-state index >= 15 is 0 Å². The number of pyridine rings is 1. The number of benzene rings is 3. The van der Waals surface area contributed by atoms with Gasteiger partial charge in [-0.25, -0.2) is 4.98 Å². The fourth-order valence-electron chi connectivity index (χ4n) is 4.68. The molecule has 3 aromatic carbocycles. The van der Waals surface area contributed by atoms with Gasteiger partial charge in [-0.3, -0.25) is 9.59 Å². The minimum Gasteiger partial charge on any atom is -0.462 e. The zero-order chi connectivity index (χ0) is 28.9. The average Bonchev–Trinajstić information content (AvgIpc) is 3.42. The lowest BCUT2D eigenvalue weighted by molar-refractivity contribution is 0.0797. The molecule has 0 saturated heterocycles. The summed E-state index contributed by atoms with van der Waals surface area (Å²) in [6.45, 7) is 2.45. The summed E-state index contributed by atoms with van der Waals surface area (Å²) in [5.41, 5.74) is 3.96. The smallest absolute Gasteiger partial charge is 0.258 e. The van der Waals surface area contributed by atoms with E-state index in [9.17, 15) is 9.59 Å². The maximum absolute atomic E-state index is 14.1. The van der Waals surface area contributed by atoms with Crippen molar-refractivity contribution in [1.29, 1.82) is 0 Å². The van der Waals surface area contributed by atoms with Gasteiger partial charge in [0, 0.05) is 30.5 Å². The predicted octanol–water partition coefficient (Wildman–Crippen LogP) is 7.66. The van der Waals surface area contributed by atoms with Crippen LogP contribution in [-0.4, -0.2) is 42.3 Å². The van der Waals surface area contributed by atoms with E-state index in [0.717, 1.165) is 22.2 Å². The molecule has 2 aromatic heterocycles. The van der Waals surface area contributed by atoms with Crippen molar-refractivity contribution in [2.45, 2.75) is 13.3 Å². The summed E-state index contributed by atoms with van der Waals surface area (Å²) in [6, 6.07) is 28.5. The SMILES string of the molecule is Cc1ccc(/C=C/c2cc(C(=O)N(C)c3ccccc3C(=O)N(C)CCc3ccccc3)c3cc(Br)ccc3n2)o1. The van der Waals surface area contributed by atoms with Crippen LogP contribution in [0.5, 0.6) is 0 Å². The monoisotopic (exact) mass is 607 g/mol. The number of carbonyl (C=O) groups excluding carboxylic acids is 2. The number of anilines is 1. The van der Waals surface area contributed by atoms with E-state index in [0.29, 0.717) is 45.7 Å². The van der Waals surface area contributed by atoms with Crippen LogP contribution in [0.3, 0.4) is 0 Å². The number of carbonyl (C=O) groups is 2. The lowest BCUT2D eigenvalue weighted by Gasteiger charge is -2.24. The Labute approximate surface area is 248 Å². The van der Waals surface area contributed by atoms with Gasteiger partial charge in [0.1, 0.15) is 11.5 Å². The molecule has 0 saturated carbocycles. The van der Waals surface area contributed by atoms with Crippen LogP contribution in [0, 0.1) is 6.92 Å². The summed E-state index contributed by atoms with van der Waals surface area (Å²) < 4.78 is 6.49. The summed E-state index contributed by atoms with van der Waals surface area (Å²) in [5, 5.41) is 0.714. The Morgan fingerprint density at radius 2 is 1.61 bits per heavy atom. The van der Waals surface area contributed by atoms with Crippen LogP contribution < -0.4 is 4.90 Å². The van der Waals surface area contributed by atoms with Gasteiger partial charge >= 0.3 is 0 Å². The highest BCUT2D eigenvalue weighted by Gasteiger charge is 2.23. The number of furan rings is 1. The van der Waals surface area contributed by atoms with Crippen LogP contribution in [0.2, 0.25) is 0 Å².